The Balaban J connectivity index is 1.10. The van der Waals surface area contributed by atoms with Crippen LogP contribution in [0.25, 0.3) is 0 Å². The first kappa shape index (κ1) is 34.5. The van der Waals surface area contributed by atoms with Crippen LogP contribution in [-0.4, -0.2) is 70.9 Å². The first-order valence-corrected chi connectivity index (χ1v) is 17.0. The largest absolute Gasteiger partial charge is 0.392 e. The lowest BCUT2D eigenvalue weighted by Gasteiger charge is -2.45. The second-order valence-electron chi connectivity index (χ2n) is 13.0. The molecule has 3 aromatic carbocycles. The normalized spacial score (nSPS) is 22.1. The molecular weight excluding hydrogens is 626 g/mol. The maximum atomic E-state index is 13.2. The molecule has 3 atom stereocenters. The van der Waals surface area contributed by atoms with E-state index in [1.54, 1.807) is 5.48 Å². The number of hydrogen-bond acceptors (Lipinski definition) is 9. The van der Waals surface area contributed by atoms with E-state index in [1.165, 1.54) is 0 Å². The molecule has 3 fully saturated rings. The number of aliphatic hydroxyl groups excluding tert-OH is 1. The van der Waals surface area contributed by atoms with E-state index in [-0.39, 0.29) is 43.5 Å². The van der Waals surface area contributed by atoms with Crippen molar-refractivity contribution >= 4 is 29.1 Å². The molecule has 1 spiro atoms. The van der Waals surface area contributed by atoms with Gasteiger partial charge in [-0.05, 0) is 61.1 Å². The second-order valence-corrected chi connectivity index (χ2v) is 13.0. The maximum absolute atomic E-state index is 13.2. The predicted octanol–water partition coefficient (Wildman–Crippen LogP) is 4.16. The summed E-state index contributed by atoms with van der Waals surface area (Å²) in [6.07, 6.45) is 2.56. The zero-order valence-corrected chi connectivity index (χ0v) is 27.6. The molecular formula is C37H45N5O7. The van der Waals surface area contributed by atoms with Crippen LogP contribution in [0.4, 0.5) is 11.4 Å². The Hall–Kier alpha value is -4.33. The zero-order valence-electron chi connectivity index (χ0n) is 27.6. The number of anilines is 2. The monoisotopic (exact) mass is 671 g/mol. The fourth-order valence-electron chi connectivity index (χ4n) is 7.03. The van der Waals surface area contributed by atoms with Gasteiger partial charge in [0, 0.05) is 55.8 Å². The molecule has 12 nitrogen and oxygen atoms in total. The molecule has 0 saturated carbocycles. The molecule has 3 heterocycles. The Kier molecular flexibility index (Phi) is 11.2. The van der Waals surface area contributed by atoms with Gasteiger partial charge < -0.3 is 35.0 Å². The van der Waals surface area contributed by atoms with Gasteiger partial charge in [-0.1, -0.05) is 54.6 Å². The van der Waals surface area contributed by atoms with E-state index in [4.69, 9.17) is 14.7 Å². The fraction of sp³-hybridized carbons (Fsp3) is 0.432. The predicted molar refractivity (Wildman–Crippen MR) is 182 cm³/mol. The number of piperidine rings is 1. The summed E-state index contributed by atoms with van der Waals surface area (Å²) >= 11 is 0. The minimum atomic E-state index is -0.631. The summed E-state index contributed by atoms with van der Waals surface area (Å²) in [4.78, 5) is 41.4. The molecule has 3 amide bonds. The summed E-state index contributed by atoms with van der Waals surface area (Å²) < 4.78 is 13.1. The highest BCUT2D eigenvalue weighted by atomic mass is 16.7. The van der Waals surface area contributed by atoms with Crippen LogP contribution < -0.4 is 21.0 Å². The number of hydroxylamine groups is 1. The highest BCUT2D eigenvalue weighted by molar-refractivity contribution is 5.93. The molecule has 3 aromatic rings. The summed E-state index contributed by atoms with van der Waals surface area (Å²) in [5.41, 5.74) is 5.41. The van der Waals surface area contributed by atoms with Gasteiger partial charge in [0.05, 0.1) is 25.5 Å². The van der Waals surface area contributed by atoms with Crippen molar-refractivity contribution in [3.63, 3.8) is 0 Å². The average Bonchev–Trinajstić information content (AvgIpc) is 3.45. The lowest BCUT2D eigenvalue weighted by molar-refractivity contribution is -0.253. The third-order valence-electron chi connectivity index (χ3n) is 9.81. The highest BCUT2D eigenvalue weighted by Crippen LogP contribution is 2.40. The minimum absolute atomic E-state index is 0.0277. The van der Waals surface area contributed by atoms with Gasteiger partial charge in [0.1, 0.15) is 5.54 Å². The Morgan fingerprint density at radius 2 is 1.55 bits per heavy atom. The Morgan fingerprint density at radius 3 is 2.22 bits per heavy atom. The molecule has 3 saturated heterocycles. The van der Waals surface area contributed by atoms with Crippen molar-refractivity contribution < 1.29 is 34.2 Å². The number of aliphatic hydroxyl groups is 1. The smallest absolute Gasteiger partial charge is 0.247 e. The molecule has 0 aliphatic carbocycles. The van der Waals surface area contributed by atoms with E-state index >= 15 is 0 Å². The average molecular weight is 672 g/mol. The van der Waals surface area contributed by atoms with E-state index in [2.05, 4.69) is 32.6 Å². The van der Waals surface area contributed by atoms with Crippen molar-refractivity contribution in [2.24, 2.45) is 0 Å². The Bertz CT molecular complexity index is 1560. The molecule has 0 radical (unpaired) electrons. The second kappa shape index (κ2) is 15.9. The maximum Gasteiger partial charge on any atom is 0.247 e. The van der Waals surface area contributed by atoms with E-state index in [9.17, 15) is 19.5 Å². The molecule has 0 aromatic heterocycles. The van der Waals surface area contributed by atoms with Crippen molar-refractivity contribution in [2.45, 2.75) is 75.6 Å². The topological polar surface area (TPSA) is 153 Å². The number of nitrogens with zero attached hydrogens (tertiary/aromatic N) is 2. The van der Waals surface area contributed by atoms with Crippen LogP contribution in [0.5, 0.6) is 0 Å². The van der Waals surface area contributed by atoms with Crippen LogP contribution >= 0.6 is 0 Å². The van der Waals surface area contributed by atoms with Crippen molar-refractivity contribution in [1.29, 1.82) is 0 Å². The molecule has 0 unspecified atom stereocenters. The van der Waals surface area contributed by atoms with E-state index < -0.39 is 17.7 Å². The quantitative estimate of drug-likeness (QED) is 0.109. The first-order valence-electron chi connectivity index (χ1n) is 17.0. The van der Waals surface area contributed by atoms with Gasteiger partial charge in [0.15, 0.2) is 6.29 Å². The number of benzene rings is 3. The first-order chi connectivity index (χ1) is 23.9. The number of nitrogens with one attached hydrogen (secondary N) is 3. The highest BCUT2D eigenvalue weighted by Gasteiger charge is 2.50. The van der Waals surface area contributed by atoms with Crippen molar-refractivity contribution in [3.8, 4) is 0 Å². The van der Waals surface area contributed by atoms with E-state index in [0.717, 1.165) is 48.3 Å². The number of para-hydroxylation sites is 1. The Labute approximate surface area is 286 Å². The van der Waals surface area contributed by atoms with Crippen molar-refractivity contribution in [3.05, 3.63) is 95.6 Å². The van der Waals surface area contributed by atoms with Crippen molar-refractivity contribution in [2.75, 3.05) is 36.5 Å². The summed E-state index contributed by atoms with van der Waals surface area (Å²) in [5.74, 6) is -0.525. The minimum Gasteiger partial charge on any atom is -0.392 e. The van der Waals surface area contributed by atoms with Crippen LogP contribution in [0.3, 0.4) is 0 Å². The van der Waals surface area contributed by atoms with Crippen LogP contribution in [-0.2, 0) is 30.5 Å². The zero-order chi connectivity index (χ0) is 34.2. The van der Waals surface area contributed by atoms with Crippen LogP contribution in [0.1, 0.15) is 74.0 Å². The molecule has 49 heavy (non-hydrogen) atoms. The molecule has 5 N–H and O–H groups in total. The molecule has 12 heteroatoms. The molecule has 6 rings (SSSR count). The number of carbonyl (C=O) groups excluding carboxylic acids is 3. The van der Waals surface area contributed by atoms with Crippen LogP contribution in [0, 0.1) is 0 Å². The van der Waals surface area contributed by atoms with Gasteiger partial charge in [-0.2, -0.15) is 0 Å². The number of unbranched alkanes of at least 4 members (excludes halogenated alkanes) is 1. The number of rotatable bonds is 12. The summed E-state index contributed by atoms with van der Waals surface area (Å²) in [6.45, 7) is 2.71. The van der Waals surface area contributed by atoms with E-state index in [0.29, 0.717) is 38.2 Å². The standard InChI is InChI=1S/C37H45N5O7/c43-24-26-10-12-27(13-11-26)32-22-31(23-41-20-18-37(19-21-41)36(46)38-25-42(37)30-6-2-1-3-7-30)48-35(49-32)28-14-16-29(17-15-28)39-33(44)8-4-5-9-34(45)40-47/h1-3,6-7,10-17,31-32,35,43,47H,4-5,8-9,18-25H2,(H,38,46)(H,39,44)(H,40,45)/t31-,32+,35+/m1/s1. The number of carbonyl (C=O) groups is 3. The Morgan fingerprint density at radius 1 is 0.878 bits per heavy atom. The SMILES string of the molecule is O=C(CCCCC(=O)Nc1ccc([C@H]2O[C@@H](CN3CCC4(CC3)C(=O)NCN4c3ccccc3)C[C@@H](c3ccc(CO)cc3)O2)cc1)NO. The van der Waals surface area contributed by atoms with Gasteiger partial charge in [0.25, 0.3) is 0 Å². The number of amides is 3. The summed E-state index contributed by atoms with van der Waals surface area (Å²) in [6, 6.07) is 25.3. The molecule has 3 aliphatic rings. The van der Waals surface area contributed by atoms with Gasteiger partial charge in [-0.15, -0.1) is 0 Å². The van der Waals surface area contributed by atoms with E-state index in [1.807, 2.05) is 66.7 Å². The number of ether oxygens (including phenoxy) is 2. The number of hydrogen-bond donors (Lipinski definition) is 5. The van der Waals surface area contributed by atoms with Gasteiger partial charge in [0.2, 0.25) is 17.7 Å². The number of likely N-dealkylation sites (tertiary alicyclic amines) is 1. The molecule has 3 aliphatic heterocycles. The third kappa shape index (κ3) is 8.28. The van der Waals surface area contributed by atoms with Crippen molar-refractivity contribution in [1.82, 2.24) is 15.7 Å². The third-order valence-corrected chi connectivity index (χ3v) is 9.81. The fourth-order valence-corrected chi connectivity index (χ4v) is 7.03. The van der Waals surface area contributed by atoms with Gasteiger partial charge in [-0.3, -0.25) is 19.6 Å². The summed E-state index contributed by atoms with van der Waals surface area (Å²) in [7, 11) is 0. The summed E-state index contributed by atoms with van der Waals surface area (Å²) in [5, 5.41) is 24.1. The lowest BCUT2D eigenvalue weighted by Crippen LogP contribution is -2.57. The van der Waals surface area contributed by atoms with Gasteiger partial charge in [-0.25, -0.2) is 5.48 Å². The molecule has 260 valence electrons. The van der Waals surface area contributed by atoms with Crippen LogP contribution in [0.2, 0.25) is 0 Å². The lowest BCUT2D eigenvalue weighted by atomic mass is 9.85. The van der Waals surface area contributed by atoms with Gasteiger partial charge >= 0.3 is 0 Å². The van der Waals surface area contributed by atoms with Crippen LogP contribution in [0.15, 0.2) is 78.9 Å². The molecule has 0 bridgehead atoms.